The summed E-state index contributed by atoms with van der Waals surface area (Å²) in [7, 11) is 0. The Bertz CT molecular complexity index is 481. The van der Waals surface area contributed by atoms with Gasteiger partial charge >= 0.3 is 5.97 Å². The topological polar surface area (TPSA) is 95.3 Å². The predicted molar refractivity (Wildman–Crippen MR) is 73.4 cm³/mol. The van der Waals surface area contributed by atoms with Crippen LogP contribution in [0.2, 0.25) is 0 Å². The summed E-state index contributed by atoms with van der Waals surface area (Å²) >= 11 is 1.38. The van der Waals surface area contributed by atoms with Crippen LogP contribution in [0.5, 0.6) is 0 Å². The van der Waals surface area contributed by atoms with Crippen molar-refractivity contribution in [3.05, 3.63) is 31.8 Å². The maximum Gasteiger partial charge on any atom is 0.348 e. The van der Waals surface area contributed by atoms with Gasteiger partial charge in [-0.05, 0) is 43.9 Å². The van der Waals surface area contributed by atoms with Crippen molar-refractivity contribution in [2.45, 2.75) is 32.8 Å². The molecule has 1 rings (SSSR count). The molecule has 0 saturated heterocycles. The molecule has 0 aliphatic carbocycles. The van der Waals surface area contributed by atoms with Crippen LogP contribution in [0.3, 0.4) is 0 Å². The number of aliphatic hydroxyl groups excluding tert-OH is 1. The van der Waals surface area contributed by atoms with Crippen molar-refractivity contribution in [2.24, 2.45) is 5.11 Å². The van der Waals surface area contributed by atoms with Gasteiger partial charge in [0.15, 0.2) is 0 Å². The Morgan fingerprint density at radius 1 is 1.68 bits per heavy atom. The normalized spacial score (nSPS) is 11.7. The third kappa shape index (κ3) is 4.90. The molecule has 0 saturated carbocycles. The lowest BCUT2D eigenvalue weighted by atomic mass is 10.1. The first-order valence-electron chi connectivity index (χ1n) is 6.03. The molecule has 1 aromatic heterocycles. The zero-order valence-electron chi connectivity index (χ0n) is 11.0. The molecule has 7 heteroatoms. The molecule has 0 amide bonds. The summed E-state index contributed by atoms with van der Waals surface area (Å²) in [5, 5.41) is 12.9. The number of aliphatic hydroxyl groups is 1. The Morgan fingerprint density at radius 2 is 2.42 bits per heavy atom. The van der Waals surface area contributed by atoms with Gasteiger partial charge in [-0.3, -0.25) is 0 Å². The van der Waals surface area contributed by atoms with E-state index >= 15 is 0 Å². The molecule has 0 bridgehead atoms. The fourth-order valence-corrected chi connectivity index (χ4v) is 2.67. The number of hydrogen-bond donors (Lipinski definition) is 1. The molecule has 0 fully saturated rings. The molecule has 1 aromatic rings. The van der Waals surface area contributed by atoms with Gasteiger partial charge in [-0.25, -0.2) is 4.79 Å². The highest BCUT2D eigenvalue weighted by molar-refractivity contribution is 7.14. The van der Waals surface area contributed by atoms with Crippen LogP contribution < -0.4 is 0 Å². The van der Waals surface area contributed by atoms with Gasteiger partial charge in [0.2, 0.25) is 0 Å². The molecule has 19 heavy (non-hydrogen) atoms. The summed E-state index contributed by atoms with van der Waals surface area (Å²) in [5.41, 5.74) is 9.17. The molecule has 104 valence electrons. The second-order valence-corrected chi connectivity index (χ2v) is 5.18. The lowest BCUT2D eigenvalue weighted by Crippen LogP contribution is -2.11. The SMILES string of the molecule is CCOC(=O)c1cc(C)c(CC[C@@H](O)CN=[N+]=[N-])s1. The monoisotopic (exact) mass is 283 g/mol. The molecular weight excluding hydrogens is 266 g/mol. The molecule has 0 radical (unpaired) electrons. The Kier molecular flexibility index (Phi) is 6.35. The molecule has 0 spiro atoms. The van der Waals surface area contributed by atoms with E-state index in [2.05, 4.69) is 10.0 Å². The fraction of sp³-hybridized carbons (Fsp3) is 0.583. The molecular formula is C12H17N3O3S. The highest BCUT2D eigenvalue weighted by atomic mass is 32.1. The maximum absolute atomic E-state index is 11.6. The zero-order chi connectivity index (χ0) is 14.3. The Labute approximate surface area is 115 Å². The van der Waals surface area contributed by atoms with Gasteiger partial charge < -0.3 is 9.84 Å². The molecule has 6 nitrogen and oxygen atoms in total. The van der Waals surface area contributed by atoms with Crippen molar-refractivity contribution >= 4 is 17.3 Å². The molecule has 0 aromatic carbocycles. The second kappa shape index (κ2) is 7.78. The first-order valence-corrected chi connectivity index (χ1v) is 6.85. The number of carbonyl (C=O) groups excluding carboxylic acids is 1. The van der Waals surface area contributed by atoms with Crippen LogP contribution in [-0.2, 0) is 11.2 Å². The van der Waals surface area contributed by atoms with Crippen LogP contribution >= 0.6 is 11.3 Å². The second-order valence-electron chi connectivity index (χ2n) is 4.04. The Balaban J connectivity index is 2.59. The number of carbonyl (C=O) groups is 1. The van der Waals surface area contributed by atoms with Gasteiger partial charge in [0.1, 0.15) is 4.88 Å². The smallest absolute Gasteiger partial charge is 0.348 e. The minimum absolute atomic E-state index is 0.0751. The van der Waals surface area contributed by atoms with E-state index < -0.39 is 6.10 Å². The van der Waals surface area contributed by atoms with E-state index in [9.17, 15) is 9.90 Å². The summed E-state index contributed by atoms with van der Waals surface area (Å²) < 4.78 is 4.94. The first kappa shape index (κ1) is 15.5. The number of hydrogen-bond acceptors (Lipinski definition) is 5. The van der Waals surface area contributed by atoms with E-state index in [1.807, 2.05) is 6.92 Å². The van der Waals surface area contributed by atoms with Crippen LogP contribution in [0.25, 0.3) is 10.4 Å². The third-order valence-electron chi connectivity index (χ3n) is 2.56. The van der Waals surface area contributed by atoms with E-state index in [-0.39, 0.29) is 12.5 Å². The van der Waals surface area contributed by atoms with E-state index in [1.54, 1.807) is 13.0 Å². The summed E-state index contributed by atoms with van der Waals surface area (Å²) in [6, 6.07) is 1.80. The van der Waals surface area contributed by atoms with Crippen LogP contribution in [0.4, 0.5) is 0 Å². The third-order valence-corrected chi connectivity index (χ3v) is 3.83. The predicted octanol–water partition coefficient (Wildman–Crippen LogP) is 2.84. The van der Waals surface area contributed by atoms with Crippen LogP contribution in [0.1, 0.15) is 33.5 Å². The number of thiophene rings is 1. The van der Waals surface area contributed by atoms with E-state index in [0.29, 0.717) is 24.3 Å². The standard InChI is InChI=1S/C12H17N3O3S/c1-3-18-12(17)11-6-8(2)10(19-11)5-4-9(16)7-14-15-13/h6,9,16H,3-5,7H2,1-2H3/t9-/m1/s1. The van der Waals surface area contributed by atoms with E-state index in [0.717, 1.165) is 10.4 Å². The number of aryl methyl sites for hydroxylation is 2. The minimum Gasteiger partial charge on any atom is -0.462 e. The lowest BCUT2D eigenvalue weighted by molar-refractivity contribution is 0.0532. The number of esters is 1. The summed E-state index contributed by atoms with van der Waals surface area (Å²) in [4.78, 5) is 15.8. The van der Waals surface area contributed by atoms with E-state index in [4.69, 9.17) is 10.3 Å². The largest absolute Gasteiger partial charge is 0.462 e. The van der Waals surface area contributed by atoms with Crippen molar-refractivity contribution in [1.29, 1.82) is 0 Å². The lowest BCUT2D eigenvalue weighted by Gasteiger charge is -2.06. The molecule has 0 aliphatic rings. The van der Waals surface area contributed by atoms with Gasteiger partial charge in [0.25, 0.3) is 0 Å². The van der Waals surface area contributed by atoms with Gasteiger partial charge in [0.05, 0.1) is 19.3 Å². The zero-order valence-corrected chi connectivity index (χ0v) is 11.8. The van der Waals surface area contributed by atoms with Gasteiger partial charge in [-0.2, -0.15) is 0 Å². The van der Waals surface area contributed by atoms with Crippen LogP contribution in [0.15, 0.2) is 11.2 Å². The Hall–Kier alpha value is -1.56. The van der Waals surface area contributed by atoms with Crippen molar-refractivity contribution < 1.29 is 14.6 Å². The maximum atomic E-state index is 11.6. The molecule has 1 heterocycles. The molecule has 1 N–H and O–H groups in total. The van der Waals surface area contributed by atoms with Crippen LogP contribution in [-0.4, -0.2) is 30.3 Å². The average molecular weight is 283 g/mol. The van der Waals surface area contributed by atoms with Crippen molar-refractivity contribution in [3.8, 4) is 0 Å². The molecule has 0 aliphatic heterocycles. The summed E-state index contributed by atoms with van der Waals surface area (Å²) in [5.74, 6) is -0.309. The molecule has 0 unspecified atom stereocenters. The number of ether oxygens (including phenoxy) is 1. The summed E-state index contributed by atoms with van der Waals surface area (Å²) in [6.07, 6.45) is 0.504. The van der Waals surface area contributed by atoms with Gasteiger partial charge in [-0.15, -0.1) is 11.3 Å². The minimum atomic E-state index is -0.650. The highest BCUT2D eigenvalue weighted by Crippen LogP contribution is 2.24. The van der Waals surface area contributed by atoms with Crippen molar-refractivity contribution in [1.82, 2.24) is 0 Å². The van der Waals surface area contributed by atoms with Gasteiger partial charge in [0, 0.05) is 9.79 Å². The van der Waals surface area contributed by atoms with Crippen molar-refractivity contribution in [3.63, 3.8) is 0 Å². The Morgan fingerprint density at radius 3 is 3.05 bits per heavy atom. The number of azide groups is 1. The van der Waals surface area contributed by atoms with E-state index in [1.165, 1.54) is 11.3 Å². The number of nitrogens with zero attached hydrogens (tertiary/aromatic N) is 3. The van der Waals surface area contributed by atoms with Crippen LogP contribution in [0, 0.1) is 6.92 Å². The quantitative estimate of drug-likeness (QED) is 0.360. The summed E-state index contributed by atoms with van der Waals surface area (Å²) in [6.45, 7) is 4.13. The van der Waals surface area contributed by atoms with Gasteiger partial charge in [-0.1, -0.05) is 5.11 Å². The average Bonchev–Trinajstić information content (AvgIpc) is 2.76. The fourth-order valence-electron chi connectivity index (χ4n) is 1.59. The highest BCUT2D eigenvalue weighted by Gasteiger charge is 2.14. The first-order chi connectivity index (χ1) is 9.08. The molecule has 1 atom stereocenters. The van der Waals surface area contributed by atoms with Crippen molar-refractivity contribution in [2.75, 3.05) is 13.2 Å². The number of rotatable bonds is 7.